The van der Waals surface area contributed by atoms with Gasteiger partial charge in [-0.25, -0.2) is 8.42 Å². The van der Waals surface area contributed by atoms with E-state index in [-0.39, 0.29) is 10.6 Å². The molecule has 1 aliphatic rings. The standard InChI is InChI=1S/C27H22ClNO5S2/c28-20-12-10-19(11-13-20)24-14-15-25(35-24)36(32,33)29-27(26(30)31)16-22(27)21-8-4-5-9-23(21)34-17-18-6-2-1-3-7-18/h1-15,22,29H,16-17H2,(H,30,31). The first-order valence-corrected chi connectivity index (χ1v) is 13.8. The molecule has 2 unspecified atom stereocenters. The quantitative estimate of drug-likeness (QED) is 0.275. The van der Waals surface area contributed by atoms with E-state index < -0.39 is 27.4 Å². The molecule has 184 valence electrons. The highest BCUT2D eigenvalue weighted by atomic mass is 35.5. The summed E-state index contributed by atoms with van der Waals surface area (Å²) in [5.74, 6) is -1.24. The molecule has 0 radical (unpaired) electrons. The van der Waals surface area contributed by atoms with Crippen LogP contribution < -0.4 is 9.46 Å². The molecule has 9 heteroatoms. The molecule has 1 saturated carbocycles. The van der Waals surface area contributed by atoms with E-state index in [0.717, 1.165) is 27.3 Å². The Morgan fingerprint density at radius 3 is 2.42 bits per heavy atom. The number of aliphatic carboxylic acids is 1. The minimum absolute atomic E-state index is 0.0485. The number of rotatable bonds is 9. The zero-order chi connectivity index (χ0) is 25.3. The largest absolute Gasteiger partial charge is 0.489 e. The second kappa shape index (κ2) is 9.71. The zero-order valence-electron chi connectivity index (χ0n) is 18.9. The van der Waals surface area contributed by atoms with Crippen molar-refractivity contribution in [2.24, 2.45) is 0 Å². The number of thiophene rings is 1. The second-order valence-corrected chi connectivity index (χ2v) is 12.0. The summed E-state index contributed by atoms with van der Waals surface area (Å²) in [6.07, 6.45) is 0.128. The molecule has 1 heterocycles. The molecule has 0 aliphatic heterocycles. The van der Waals surface area contributed by atoms with Crippen LogP contribution in [-0.4, -0.2) is 25.0 Å². The predicted octanol–water partition coefficient (Wildman–Crippen LogP) is 5.94. The van der Waals surface area contributed by atoms with Gasteiger partial charge in [0.1, 0.15) is 22.1 Å². The lowest BCUT2D eigenvalue weighted by Gasteiger charge is -2.17. The molecule has 4 aromatic rings. The van der Waals surface area contributed by atoms with Crippen LogP contribution in [0.5, 0.6) is 5.75 Å². The molecule has 2 N–H and O–H groups in total. The van der Waals surface area contributed by atoms with Crippen LogP contribution in [0.3, 0.4) is 0 Å². The summed E-state index contributed by atoms with van der Waals surface area (Å²) in [5.41, 5.74) is 0.816. The summed E-state index contributed by atoms with van der Waals surface area (Å²) in [4.78, 5) is 13.1. The first-order valence-electron chi connectivity index (χ1n) is 11.2. The maximum Gasteiger partial charge on any atom is 0.325 e. The van der Waals surface area contributed by atoms with Crippen LogP contribution in [0.1, 0.15) is 23.5 Å². The van der Waals surface area contributed by atoms with Crippen molar-refractivity contribution in [2.45, 2.75) is 28.7 Å². The van der Waals surface area contributed by atoms with Gasteiger partial charge in [0.05, 0.1) is 0 Å². The maximum absolute atomic E-state index is 13.2. The number of hydrogen-bond donors (Lipinski definition) is 2. The van der Waals surface area contributed by atoms with E-state index >= 15 is 0 Å². The van der Waals surface area contributed by atoms with E-state index in [1.54, 1.807) is 48.5 Å². The van der Waals surface area contributed by atoms with Crippen molar-refractivity contribution >= 4 is 38.9 Å². The number of ether oxygens (including phenoxy) is 1. The van der Waals surface area contributed by atoms with Crippen LogP contribution in [0, 0.1) is 0 Å². The van der Waals surface area contributed by atoms with Crippen molar-refractivity contribution in [3.8, 4) is 16.2 Å². The van der Waals surface area contributed by atoms with E-state index in [1.165, 1.54) is 6.07 Å². The van der Waals surface area contributed by atoms with Crippen LogP contribution in [0.2, 0.25) is 5.02 Å². The highest BCUT2D eigenvalue weighted by Gasteiger charge is 2.64. The smallest absolute Gasteiger partial charge is 0.325 e. The molecule has 0 amide bonds. The fraction of sp³-hybridized carbons (Fsp3) is 0.148. The Morgan fingerprint density at radius 1 is 1.00 bits per heavy atom. The molecule has 1 aromatic heterocycles. The van der Waals surface area contributed by atoms with Gasteiger partial charge in [0, 0.05) is 15.8 Å². The Labute approximate surface area is 218 Å². The lowest BCUT2D eigenvalue weighted by Crippen LogP contribution is -2.44. The number of para-hydroxylation sites is 1. The van der Waals surface area contributed by atoms with Gasteiger partial charge >= 0.3 is 5.97 Å². The summed E-state index contributed by atoms with van der Waals surface area (Å²) >= 11 is 7.02. The Bertz CT molecular complexity index is 1500. The number of carboxylic acids is 1. The molecule has 36 heavy (non-hydrogen) atoms. The number of halogens is 1. The average molecular weight is 540 g/mol. The number of carboxylic acid groups (broad SMARTS) is 1. The van der Waals surface area contributed by atoms with Crippen molar-refractivity contribution in [1.29, 1.82) is 0 Å². The van der Waals surface area contributed by atoms with Crippen molar-refractivity contribution in [2.75, 3.05) is 0 Å². The van der Waals surface area contributed by atoms with Gasteiger partial charge < -0.3 is 9.84 Å². The van der Waals surface area contributed by atoms with E-state index in [0.29, 0.717) is 22.9 Å². The fourth-order valence-corrected chi connectivity index (χ4v) is 7.03. The highest BCUT2D eigenvalue weighted by molar-refractivity contribution is 7.91. The Kier molecular flexibility index (Phi) is 6.61. The molecular weight excluding hydrogens is 518 g/mol. The summed E-state index contributed by atoms with van der Waals surface area (Å²) in [6.45, 7) is 0.318. The summed E-state index contributed by atoms with van der Waals surface area (Å²) in [6, 6.07) is 27.0. The Morgan fingerprint density at radius 2 is 1.69 bits per heavy atom. The molecule has 1 aliphatic carbocycles. The Balaban J connectivity index is 1.37. The third kappa shape index (κ3) is 4.90. The van der Waals surface area contributed by atoms with Crippen molar-refractivity contribution in [3.63, 3.8) is 0 Å². The summed E-state index contributed by atoms with van der Waals surface area (Å²) in [7, 11) is -4.08. The number of nitrogens with one attached hydrogen (secondary N) is 1. The molecule has 6 nitrogen and oxygen atoms in total. The lowest BCUT2D eigenvalue weighted by atomic mass is 10.1. The Hall–Kier alpha value is -3.17. The fourth-order valence-electron chi connectivity index (χ4n) is 4.19. The molecule has 0 spiro atoms. The van der Waals surface area contributed by atoms with Gasteiger partial charge in [-0.05, 0) is 53.4 Å². The second-order valence-electron chi connectivity index (χ2n) is 8.58. The molecule has 2 atom stereocenters. The van der Waals surface area contributed by atoms with Gasteiger partial charge in [-0.15, -0.1) is 11.3 Å². The molecule has 0 saturated heterocycles. The van der Waals surface area contributed by atoms with Crippen LogP contribution in [0.25, 0.3) is 10.4 Å². The van der Waals surface area contributed by atoms with Gasteiger partial charge in [0.25, 0.3) is 10.0 Å². The van der Waals surface area contributed by atoms with Gasteiger partial charge in [0.15, 0.2) is 0 Å². The van der Waals surface area contributed by atoms with E-state index in [1.807, 2.05) is 36.4 Å². The van der Waals surface area contributed by atoms with Gasteiger partial charge in [-0.1, -0.05) is 72.3 Å². The minimum Gasteiger partial charge on any atom is -0.489 e. The third-order valence-corrected chi connectivity index (χ3v) is 9.55. The minimum atomic E-state index is -4.08. The van der Waals surface area contributed by atoms with Crippen LogP contribution in [0.4, 0.5) is 0 Å². The zero-order valence-corrected chi connectivity index (χ0v) is 21.3. The SMILES string of the molecule is O=C(O)C1(NS(=O)(=O)c2ccc(-c3ccc(Cl)cc3)s2)CC1c1ccccc1OCc1ccccc1. The lowest BCUT2D eigenvalue weighted by molar-refractivity contribution is -0.140. The monoisotopic (exact) mass is 539 g/mol. The summed E-state index contributed by atoms with van der Waals surface area (Å²) in [5, 5.41) is 10.7. The van der Waals surface area contributed by atoms with Crippen molar-refractivity contribution in [3.05, 3.63) is 107 Å². The van der Waals surface area contributed by atoms with Crippen molar-refractivity contribution < 1.29 is 23.1 Å². The maximum atomic E-state index is 13.2. The van der Waals surface area contributed by atoms with E-state index in [2.05, 4.69) is 4.72 Å². The van der Waals surface area contributed by atoms with Gasteiger partial charge in [0.2, 0.25) is 0 Å². The van der Waals surface area contributed by atoms with E-state index in [4.69, 9.17) is 16.3 Å². The number of carbonyl (C=O) groups is 1. The first-order chi connectivity index (χ1) is 17.3. The number of sulfonamides is 1. The third-order valence-electron chi connectivity index (χ3n) is 6.17. The van der Waals surface area contributed by atoms with Crippen molar-refractivity contribution in [1.82, 2.24) is 4.72 Å². The van der Waals surface area contributed by atoms with E-state index in [9.17, 15) is 18.3 Å². The average Bonchev–Trinajstić information content (AvgIpc) is 3.36. The molecule has 5 rings (SSSR count). The molecule has 1 fully saturated rings. The molecular formula is C27H22ClNO5S2. The van der Waals surface area contributed by atoms with Crippen LogP contribution >= 0.6 is 22.9 Å². The summed E-state index contributed by atoms with van der Waals surface area (Å²) < 4.78 is 35.0. The topological polar surface area (TPSA) is 92.7 Å². The normalized spacial score (nSPS) is 19.1. The highest BCUT2D eigenvalue weighted by Crippen LogP contribution is 2.55. The predicted molar refractivity (Wildman–Crippen MR) is 140 cm³/mol. The van der Waals surface area contributed by atoms with Gasteiger partial charge in [-0.3, -0.25) is 4.79 Å². The van der Waals surface area contributed by atoms with Gasteiger partial charge in [-0.2, -0.15) is 4.72 Å². The first kappa shape index (κ1) is 24.5. The van der Waals surface area contributed by atoms with Crippen LogP contribution in [-0.2, 0) is 21.4 Å². The molecule has 0 bridgehead atoms. The number of benzene rings is 3. The molecule has 3 aromatic carbocycles. The van der Waals surface area contributed by atoms with Crippen LogP contribution in [0.15, 0.2) is 95.2 Å². The number of hydrogen-bond acceptors (Lipinski definition) is 5.